The van der Waals surface area contributed by atoms with Crippen LogP contribution in [-0.2, 0) is 10.2 Å². The summed E-state index contributed by atoms with van der Waals surface area (Å²) in [6.07, 6.45) is 1.09. The van der Waals surface area contributed by atoms with Crippen LogP contribution in [0.3, 0.4) is 0 Å². The van der Waals surface area contributed by atoms with Gasteiger partial charge in [0.15, 0.2) is 11.5 Å². The SMILES string of the molecule is CNCCC1(c2ccc3nc(C)oc3c2)COC1. The molecule has 1 fully saturated rings. The van der Waals surface area contributed by atoms with Gasteiger partial charge in [-0.05, 0) is 37.7 Å². The van der Waals surface area contributed by atoms with Crippen LogP contribution in [0.15, 0.2) is 22.6 Å². The van der Waals surface area contributed by atoms with Gasteiger partial charge < -0.3 is 14.5 Å². The molecule has 0 unspecified atom stereocenters. The minimum atomic E-state index is 0.151. The average molecular weight is 246 g/mol. The van der Waals surface area contributed by atoms with E-state index in [1.54, 1.807) is 0 Å². The van der Waals surface area contributed by atoms with Crippen molar-refractivity contribution in [3.63, 3.8) is 0 Å². The van der Waals surface area contributed by atoms with Gasteiger partial charge in [-0.3, -0.25) is 0 Å². The van der Waals surface area contributed by atoms with E-state index in [1.807, 2.05) is 20.0 Å². The lowest BCUT2D eigenvalue weighted by molar-refractivity contribution is -0.0637. The van der Waals surface area contributed by atoms with Gasteiger partial charge in [-0.1, -0.05) is 6.07 Å². The van der Waals surface area contributed by atoms with Crippen LogP contribution < -0.4 is 5.32 Å². The Hall–Kier alpha value is -1.39. The van der Waals surface area contributed by atoms with Crippen LogP contribution >= 0.6 is 0 Å². The predicted molar refractivity (Wildman–Crippen MR) is 69.8 cm³/mol. The number of oxazole rings is 1. The second-order valence-electron chi connectivity index (χ2n) is 5.04. The molecule has 2 aromatic rings. The van der Waals surface area contributed by atoms with Crippen molar-refractivity contribution in [2.24, 2.45) is 0 Å². The fourth-order valence-electron chi connectivity index (χ4n) is 2.54. The van der Waals surface area contributed by atoms with E-state index in [4.69, 9.17) is 9.15 Å². The van der Waals surface area contributed by atoms with E-state index >= 15 is 0 Å². The first-order chi connectivity index (χ1) is 8.73. The lowest BCUT2D eigenvalue weighted by atomic mass is 9.76. The minimum absolute atomic E-state index is 0.151. The fraction of sp³-hybridized carbons (Fsp3) is 0.500. The maximum Gasteiger partial charge on any atom is 0.192 e. The fourth-order valence-corrected chi connectivity index (χ4v) is 2.54. The number of rotatable bonds is 4. The molecule has 1 aliphatic rings. The summed E-state index contributed by atoms with van der Waals surface area (Å²) in [4.78, 5) is 4.33. The van der Waals surface area contributed by atoms with Crippen molar-refractivity contribution in [2.45, 2.75) is 18.8 Å². The quantitative estimate of drug-likeness (QED) is 0.896. The van der Waals surface area contributed by atoms with E-state index in [0.717, 1.165) is 43.2 Å². The highest BCUT2D eigenvalue weighted by molar-refractivity contribution is 5.73. The van der Waals surface area contributed by atoms with Crippen molar-refractivity contribution in [2.75, 3.05) is 26.8 Å². The van der Waals surface area contributed by atoms with E-state index in [-0.39, 0.29) is 5.41 Å². The smallest absolute Gasteiger partial charge is 0.192 e. The maximum atomic E-state index is 5.61. The largest absolute Gasteiger partial charge is 0.441 e. The molecule has 0 aliphatic carbocycles. The maximum absolute atomic E-state index is 5.61. The van der Waals surface area contributed by atoms with Crippen LogP contribution in [0.5, 0.6) is 0 Å². The number of hydrogen-bond donors (Lipinski definition) is 1. The predicted octanol–water partition coefficient (Wildman–Crippen LogP) is 2.01. The summed E-state index contributed by atoms with van der Waals surface area (Å²) in [6, 6.07) is 6.32. The number of benzene rings is 1. The highest BCUT2D eigenvalue weighted by atomic mass is 16.5. The van der Waals surface area contributed by atoms with Gasteiger partial charge in [0.1, 0.15) is 5.52 Å². The molecule has 0 amide bonds. The number of aryl methyl sites for hydroxylation is 1. The van der Waals surface area contributed by atoms with Gasteiger partial charge in [0, 0.05) is 12.3 Å². The van der Waals surface area contributed by atoms with E-state index in [0.29, 0.717) is 0 Å². The zero-order valence-corrected chi connectivity index (χ0v) is 10.8. The lowest BCUT2D eigenvalue weighted by Crippen LogP contribution is -2.48. The Labute approximate surface area is 106 Å². The third-order valence-corrected chi connectivity index (χ3v) is 3.72. The molecule has 1 aliphatic heterocycles. The normalized spacial score (nSPS) is 17.9. The molecule has 1 saturated heterocycles. The van der Waals surface area contributed by atoms with E-state index in [2.05, 4.69) is 22.4 Å². The summed E-state index contributed by atoms with van der Waals surface area (Å²) >= 11 is 0. The number of aromatic nitrogens is 1. The van der Waals surface area contributed by atoms with Crippen molar-refractivity contribution in [1.29, 1.82) is 0 Å². The molecule has 1 aromatic heterocycles. The summed E-state index contributed by atoms with van der Waals surface area (Å²) in [7, 11) is 1.98. The summed E-state index contributed by atoms with van der Waals surface area (Å²) in [5, 5.41) is 3.21. The topological polar surface area (TPSA) is 47.3 Å². The number of fused-ring (bicyclic) bond motifs is 1. The van der Waals surface area contributed by atoms with Crippen LogP contribution in [0.2, 0.25) is 0 Å². The molecule has 2 heterocycles. The van der Waals surface area contributed by atoms with Gasteiger partial charge in [0.25, 0.3) is 0 Å². The summed E-state index contributed by atoms with van der Waals surface area (Å²) in [5.74, 6) is 0.719. The molecule has 3 rings (SSSR count). The van der Waals surface area contributed by atoms with Crippen molar-refractivity contribution >= 4 is 11.1 Å². The van der Waals surface area contributed by atoms with Crippen LogP contribution in [0.25, 0.3) is 11.1 Å². The summed E-state index contributed by atoms with van der Waals surface area (Å²) in [6.45, 7) is 4.47. The molecule has 0 spiro atoms. The first kappa shape index (κ1) is 11.7. The molecule has 0 atom stereocenters. The molecule has 0 saturated carbocycles. The second-order valence-corrected chi connectivity index (χ2v) is 5.04. The van der Waals surface area contributed by atoms with Crippen LogP contribution in [0.4, 0.5) is 0 Å². The standard InChI is InChI=1S/C14H18N2O2/c1-10-16-12-4-3-11(7-13(12)18-10)14(5-6-15-2)8-17-9-14/h3-4,7,15H,5-6,8-9H2,1-2H3. The first-order valence-corrected chi connectivity index (χ1v) is 6.34. The van der Waals surface area contributed by atoms with Crippen LogP contribution in [0, 0.1) is 6.92 Å². The number of hydrogen-bond acceptors (Lipinski definition) is 4. The summed E-state index contributed by atoms with van der Waals surface area (Å²) in [5.41, 5.74) is 3.26. The number of nitrogens with one attached hydrogen (secondary N) is 1. The molecule has 96 valence electrons. The molecule has 1 N–H and O–H groups in total. The highest BCUT2D eigenvalue weighted by Crippen LogP contribution is 2.36. The third kappa shape index (κ3) is 1.82. The third-order valence-electron chi connectivity index (χ3n) is 3.72. The number of nitrogens with zero attached hydrogens (tertiary/aromatic N) is 1. The average Bonchev–Trinajstić information content (AvgIpc) is 2.67. The molecular weight excluding hydrogens is 228 g/mol. The van der Waals surface area contributed by atoms with Gasteiger partial charge in [0.2, 0.25) is 0 Å². The Morgan fingerprint density at radius 3 is 2.89 bits per heavy atom. The van der Waals surface area contributed by atoms with E-state index in [1.165, 1.54) is 5.56 Å². The van der Waals surface area contributed by atoms with Crippen molar-refractivity contribution < 1.29 is 9.15 Å². The zero-order chi connectivity index (χ0) is 12.6. The minimum Gasteiger partial charge on any atom is -0.441 e. The zero-order valence-electron chi connectivity index (χ0n) is 10.8. The lowest BCUT2D eigenvalue weighted by Gasteiger charge is -2.42. The monoisotopic (exact) mass is 246 g/mol. The van der Waals surface area contributed by atoms with Gasteiger partial charge >= 0.3 is 0 Å². The van der Waals surface area contributed by atoms with Gasteiger partial charge in [-0.25, -0.2) is 4.98 Å². The van der Waals surface area contributed by atoms with Gasteiger partial charge in [-0.15, -0.1) is 0 Å². The molecule has 0 radical (unpaired) electrons. The Bertz CT molecular complexity index is 558. The van der Waals surface area contributed by atoms with Gasteiger partial charge in [0.05, 0.1) is 13.2 Å². The number of ether oxygens (including phenoxy) is 1. The van der Waals surface area contributed by atoms with Gasteiger partial charge in [-0.2, -0.15) is 0 Å². The van der Waals surface area contributed by atoms with E-state index < -0.39 is 0 Å². The van der Waals surface area contributed by atoms with Crippen molar-refractivity contribution in [1.82, 2.24) is 10.3 Å². The molecular formula is C14H18N2O2. The van der Waals surface area contributed by atoms with Crippen molar-refractivity contribution in [3.05, 3.63) is 29.7 Å². The van der Waals surface area contributed by atoms with E-state index in [9.17, 15) is 0 Å². The summed E-state index contributed by atoms with van der Waals surface area (Å²) < 4.78 is 11.0. The molecule has 18 heavy (non-hydrogen) atoms. The first-order valence-electron chi connectivity index (χ1n) is 6.34. The van der Waals surface area contributed by atoms with Crippen LogP contribution in [-0.4, -0.2) is 31.8 Å². The Balaban J connectivity index is 1.96. The molecule has 0 bridgehead atoms. The Kier molecular flexibility index (Phi) is 2.84. The molecule has 4 nitrogen and oxygen atoms in total. The van der Waals surface area contributed by atoms with Crippen molar-refractivity contribution in [3.8, 4) is 0 Å². The Morgan fingerprint density at radius 1 is 1.39 bits per heavy atom. The molecule has 4 heteroatoms. The highest BCUT2D eigenvalue weighted by Gasteiger charge is 2.39. The van der Waals surface area contributed by atoms with Crippen LogP contribution in [0.1, 0.15) is 17.9 Å². The Morgan fingerprint density at radius 2 is 2.22 bits per heavy atom. The second kappa shape index (κ2) is 4.37. The molecule has 1 aromatic carbocycles.